The SMILES string of the molecule is Cc1c[c-]c(-c2cc(C)c(C)cn2)cc1.Cc1ccc2c(n1)oc1c(-c3cc(-c4ccc5ncccc5c4)ccn3)[c-]ccc12.[Ir]. The molecule has 5 nitrogen and oxygen atoms in total. The maximum atomic E-state index is 6.13. The van der Waals surface area contributed by atoms with Crippen molar-refractivity contribution in [2.24, 2.45) is 0 Å². The molecule has 6 heteroatoms. The third kappa shape index (κ3) is 6.23. The fraction of sp³-hybridized carbons (Fsp3) is 0.100. The van der Waals surface area contributed by atoms with Gasteiger partial charge in [0.2, 0.25) is 5.71 Å². The van der Waals surface area contributed by atoms with Gasteiger partial charge in [0.05, 0.1) is 11.1 Å². The van der Waals surface area contributed by atoms with Crippen molar-refractivity contribution in [1.82, 2.24) is 19.9 Å². The van der Waals surface area contributed by atoms with Crippen LogP contribution in [0.25, 0.3) is 66.6 Å². The van der Waals surface area contributed by atoms with Crippen LogP contribution in [0.15, 0.2) is 114 Å². The molecule has 0 aliphatic rings. The third-order valence-corrected chi connectivity index (χ3v) is 8.01. The Balaban J connectivity index is 0.000000197. The van der Waals surface area contributed by atoms with Crippen LogP contribution in [-0.4, -0.2) is 19.9 Å². The molecule has 227 valence electrons. The second-order valence-corrected chi connectivity index (χ2v) is 11.3. The van der Waals surface area contributed by atoms with Crippen molar-refractivity contribution in [2.45, 2.75) is 27.7 Å². The minimum absolute atomic E-state index is 0. The standard InChI is InChI=1S/C26H16N3O.C14H14N.Ir/c1-16-7-9-21-20-5-2-6-22(25(20)30-26(21)29-16)24-15-18(11-13-28-24)17-8-10-23-19(14-17)4-3-12-27-23;1-10-4-6-13(7-5-10)14-8-11(2)12(3)9-15-14;/h2-5,7-15H,1H3;4-6,8-9H,1-3H3;/q2*-1;. The first-order valence-electron chi connectivity index (χ1n) is 14.9. The molecule has 0 saturated heterocycles. The van der Waals surface area contributed by atoms with E-state index in [1.165, 1.54) is 16.7 Å². The summed E-state index contributed by atoms with van der Waals surface area (Å²) in [5, 5.41) is 3.14. The number of pyridine rings is 4. The Labute approximate surface area is 281 Å². The van der Waals surface area contributed by atoms with Gasteiger partial charge in [-0.2, -0.15) is 0 Å². The van der Waals surface area contributed by atoms with Gasteiger partial charge in [0.25, 0.3) is 0 Å². The molecule has 0 saturated carbocycles. The summed E-state index contributed by atoms with van der Waals surface area (Å²) in [5.41, 5.74) is 13.0. The van der Waals surface area contributed by atoms with Gasteiger partial charge in [0.15, 0.2) is 0 Å². The zero-order valence-corrected chi connectivity index (χ0v) is 28.3. The molecule has 5 aromatic heterocycles. The fourth-order valence-corrected chi connectivity index (χ4v) is 5.34. The first kappa shape index (κ1) is 31.0. The summed E-state index contributed by atoms with van der Waals surface area (Å²) in [5.74, 6) is 0. The first-order chi connectivity index (χ1) is 21.9. The topological polar surface area (TPSA) is 64.7 Å². The van der Waals surface area contributed by atoms with Gasteiger partial charge in [0.1, 0.15) is 0 Å². The van der Waals surface area contributed by atoms with Crippen molar-refractivity contribution in [2.75, 3.05) is 0 Å². The van der Waals surface area contributed by atoms with Crippen molar-refractivity contribution in [3.05, 3.63) is 144 Å². The monoisotopic (exact) mass is 775 g/mol. The maximum absolute atomic E-state index is 6.13. The molecule has 8 rings (SSSR count). The molecule has 0 aliphatic carbocycles. The van der Waals surface area contributed by atoms with E-state index in [9.17, 15) is 0 Å². The van der Waals surface area contributed by atoms with E-state index < -0.39 is 0 Å². The number of aryl methyl sites for hydroxylation is 4. The molecule has 46 heavy (non-hydrogen) atoms. The van der Waals surface area contributed by atoms with Gasteiger partial charge in [0, 0.05) is 55.2 Å². The number of nitrogens with zero attached hydrogens (tertiary/aromatic N) is 4. The molecule has 0 unspecified atom stereocenters. The summed E-state index contributed by atoms with van der Waals surface area (Å²) in [6, 6.07) is 37.2. The van der Waals surface area contributed by atoms with E-state index in [4.69, 9.17) is 4.42 Å². The van der Waals surface area contributed by atoms with E-state index in [-0.39, 0.29) is 20.1 Å². The minimum atomic E-state index is 0. The number of furan rings is 1. The van der Waals surface area contributed by atoms with Gasteiger partial charge >= 0.3 is 0 Å². The Morgan fingerprint density at radius 2 is 1.54 bits per heavy atom. The Morgan fingerprint density at radius 3 is 2.37 bits per heavy atom. The third-order valence-electron chi connectivity index (χ3n) is 8.01. The summed E-state index contributed by atoms with van der Waals surface area (Å²) >= 11 is 0. The molecule has 0 N–H and O–H groups in total. The van der Waals surface area contributed by atoms with E-state index in [2.05, 4.69) is 101 Å². The summed E-state index contributed by atoms with van der Waals surface area (Å²) in [6.45, 7) is 8.21. The van der Waals surface area contributed by atoms with E-state index in [1.54, 1.807) is 0 Å². The van der Waals surface area contributed by atoms with Crippen molar-refractivity contribution >= 4 is 33.0 Å². The molecule has 1 radical (unpaired) electrons. The van der Waals surface area contributed by atoms with Crippen LogP contribution in [0.4, 0.5) is 0 Å². The van der Waals surface area contributed by atoms with Crippen LogP contribution in [0.2, 0.25) is 0 Å². The van der Waals surface area contributed by atoms with Crippen LogP contribution >= 0.6 is 0 Å². The van der Waals surface area contributed by atoms with E-state index in [0.717, 1.165) is 66.6 Å². The average Bonchev–Trinajstić information content (AvgIpc) is 3.44. The molecule has 3 aromatic carbocycles. The molecular weight excluding hydrogens is 745 g/mol. The minimum Gasteiger partial charge on any atom is -0.486 e. The second-order valence-electron chi connectivity index (χ2n) is 11.3. The molecule has 5 heterocycles. The maximum Gasteiger partial charge on any atom is 0.216 e. The molecular formula is C40H30IrN4O-2. The van der Waals surface area contributed by atoms with Gasteiger partial charge in [-0.1, -0.05) is 47.7 Å². The molecule has 0 spiro atoms. The molecule has 8 aromatic rings. The zero-order valence-electron chi connectivity index (χ0n) is 25.9. The molecule has 0 amide bonds. The van der Waals surface area contributed by atoms with Crippen LogP contribution in [0.3, 0.4) is 0 Å². The number of aromatic nitrogens is 4. The van der Waals surface area contributed by atoms with Crippen molar-refractivity contribution in [1.29, 1.82) is 0 Å². The number of hydrogen-bond acceptors (Lipinski definition) is 5. The van der Waals surface area contributed by atoms with E-state index in [1.807, 2.05) is 68.0 Å². The predicted molar refractivity (Wildman–Crippen MR) is 182 cm³/mol. The van der Waals surface area contributed by atoms with Crippen LogP contribution in [0, 0.1) is 39.8 Å². The Hall–Kier alpha value is -5.03. The Bertz CT molecular complexity index is 2330. The van der Waals surface area contributed by atoms with Crippen molar-refractivity contribution in [3.63, 3.8) is 0 Å². The molecule has 0 bridgehead atoms. The molecule has 0 aliphatic heterocycles. The first-order valence-corrected chi connectivity index (χ1v) is 14.9. The van der Waals surface area contributed by atoms with Gasteiger partial charge in [-0.3, -0.25) is 4.98 Å². The number of fused-ring (bicyclic) bond motifs is 4. The Morgan fingerprint density at radius 1 is 0.674 bits per heavy atom. The zero-order chi connectivity index (χ0) is 30.9. The van der Waals surface area contributed by atoms with Gasteiger partial charge < -0.3 is 14.4 Å². The van der Waals surface area contributed by atoms with Crippen molar-refractivity contribution < 1.29 is 24.5 Å². The van der Waals surface area contributed by atoms with Crippen LogP contribution < -0.4 is 0 Å². The second kappa shape index (κ2) is 13.1. The quantitative estimate of drug-likeness (QED) is 0.167. The number of benzene rings is 3. The largest absolute Gasteiger partial charge is 0.486 e. The molecule has 0 atom stereocenters. The Kier molecular flexibility index (Phi) is 8.85. The summed E-state index contributed by atoms with van der Waals surface area (Å²) in [4.78, 5) is 18.0. The van der Waals surface area contributed by atoms with Gasteiger partial charge in [-0.05, 0) is 85.2 Å². The fourth-order valence-electron chi connectivity index (χ4n) is 5.34. The van der Waals surface area contributed by atoms with Crippen LogP contribution in [-0.2, 0) is 20.1 Å². The van der Waals surface area contributed by atoms with Crippen molar-refractivity contribution in [3.8, 4) is 33.6 Å². The molecule has 0 fully saturated rings. The van der Waals surface area contributed by atoms with Gasteiger partial charge in [-0.25, -0.2) is 4.98 Å². The average molecular weight is 775 g/mol. The summed E-state index contributed by atoms with van der Waals surface area (Å²) in [6.07, 6.45) is 5.56. The number of rotatable bonds is 3. The number of hydrogen-bond donors (Lipinski definition) is 0. The van der Waals surface area contributed by atoms with Crippen LogP contribution in [0.1, 0.15) is 22.4 Å². The van der Waals surface area contributed by atoms with Crippen LogP contribution in [0.5, 0.6) is 0 Å². The summed E-state index contributed by atoms with van der Waals surface area (Å²) in [7, 11) is 0. The summed E-state index contributed by atoms with van der Waals surface area (Å²) < 4.78 is 6.13. The van der Waals surface area contributed by atoms with E-state index >= 15 is 0 Å². The van der Waals surface area contributed by atoms with E-state index in [0.29, 0.717) is 5.71 Å². The predicted octanol–water partition coefficient (Wildman–Crippen LogP) is 9.84. The normalized spacial score (nSPS) is 10.9. The smallest absolute Gasteiger partial charge is 0.216 e. The van der Waals surface area contributed by atoms with Gasteiger partial charge in [-0.15, -0.1) is 53.6 Å².